The lowest BCUT2D eigenvalue weighted by Crippen LogP contribution is -2.25. The van der Waals surface area contributed by atoms with Gasteiger partial charge in [-0.15, -0.1) is 0 Å². The molecule has 0 spiro atoms. The molecule has 2 amide bonds. The highest BCUT2D eigenvalue weighted by atomic mass is 32.1. The fourth-order valence-electron chi connectivity index (χ4n) is 1.63. The molecular weight excluding hydrogens is 294 g/mol. The summed E-state index contributed by atoms with van der Waals surface area (Å²) in [6, 6.07) is 7.83. The van der Waals surface area contributed by atoms with Gasteiger partial charge in [0.05, 0.1) is 11.9 Å². The maximum atomic E-state index is 11.8. The predicted octanol–water partition coefficient (Wildman–Crippen LogP) is 0.603. The number of rotatable bonds is 3. The number of para-hydroxylation sites is 1. The highest BCUT2D eigenvalue weighted by Crippen LogP contribution is 2.17. The molecule has 0 saturated heterocycles. The van der Waals surface area contributed by atoms with E-state index < -0.39 is 17.5 Å². The van der Waals surface area contributed by atoms with E-state index in [9.17, 15) is 14.7 Å². The van der Waals surface area contributed by atoms with Crippen LogP contribution in [0.3, 0.4) is 0 Å². The number of aromatic hydroxyl groups is 1. The van der Waals surface area contributed by atoms with Crippen molar-refractivity contribution in [2.45, 2.75) is 0 Å². The fourth-order valence-corrected chi connectivity index (χ4v) is 1.92. The number of aromatic nitrogens is 2. The molecule has 0 unspecified atom stereocenters. The summed E-state index contributed by atoms with van der Waals surface area (Å²) in [5.41, 5.74) is 6.53. The van der Waals surface area contributed by atoms with Crippen LogP contribution in [0.4, 0.5) is 4.79 Å². The van der Waals surface area contributed by atoms with Crippen molar-refractivity contribution in [2.24, 2.45) is 10.8 Å². The second kappa shape index (κ2) is 6.01. The van der Waals surface area contributed by atoms with E-state index in [1.807, 2.05) is 5.43 Å². The molecule has 1 aromatic heterocycles. The second-order valence-corrected chi connectivity index (χ2v) is 4.29. The molecule has 0 atom stereocenters. The molecule has 5 N–H and O–H groups in total. The maximum Gasteiger partial charge on any atom is 0.332 e. The van der Waals surface area contributed by atoms with Gasteiger partial charge in [-0.25, -0.2) is 10.2 Å². The minimum atomic E-state index is -0.891. The average molecular weight is 305 g/mol. The monoisotopic (exact) mass is 305 g/mol. The van der Waals surface area contributed by atoms with Gasteiger partial charge in [0.15, 0.2) is 4.77 Å². The molecule has 21 heavy (non-hydrogen) atoms. The summed E-state index contributed by atoms with van der Waals surface area (Å²) in [5.74, 6) is -0.398. The second-order valence-electron chi connectivity index (χ2n) is 3.90. The summed E-state index contributed by atoms with van der Waals surface area (Å²) in [6.07, 6.45) is 0.979. The highest BCUT2D eigenvalue weighted by Gasteiger charge is 2.12. The summed E-state index contributed by atoms with van der Waals surface area (Å²) < 4.78 is 1.30. The standard InChI is InChI=1S/C12H11N5O3S/c13-11(20)16-14-6-8-9(18)15-12(21)17(10(8)19)7-4-2-1-3-5-7/h1-6,19H,(H3,13,16,20)(H,15,18,21)/b14-6+. The molecule has 0 saturated carbocycles. The number of aromatic amines is 1. The third-order valence-corrected chi connectivity index (χ3v) is 2.79. The average Bonchev–Trinajstić information content (AvgIpc) is 2.43. The van der Waals surface area contributed by atoms with Gasteiger partial charge in [0.25, 0.3) is 5.56 Å². The summed E-state index contributed by atoms with van der Waals surface area (Å²) in [4.78, 5) is 24.7. The fraction of sp³-hybridized carbons (Fsp3) is 0. The summed E-state index contributed by atoms with van der Waals surface area (Å²) in [6.45, 7) is 0. The maximum absolute atomic E-state index is 11.8. The number of H-pyrrole nitrogens is 1. The Morgan fingerprint density at radius 1 is 1.43 bits per heavy atom. The molecule has 108 valence electrons. The van der Waals surface area contributed by atoms with Crippen molar-refractivity contribution in [1.29, 1.82) is 0 Å². The molecule has 1 heterocycles. The van der Waals surface area contributed by atoms with Crippen LogP contribution in [0.5, 0.6) is 5.88 Å². The number of hydrogen-bond acceptors (Lipinski definition) is 5. The molecule has 0 bridgehead atoms. The quantitative estimate of drug-likeness (QED) is 0.376. The highest BCUT2D eigenvalue weighted by molar-refractivity contribution is 7.71. The van der Waals surface area contributed by atoms with E-state index >= 15 is 0 Å². The summed E-state index contributed by atoms with van der Waals surface area (Å²) in [7, 11) is 0. The lowest BCUT2D eigenvalue weighted by atomic mass is 10.3. The Morgan fingerprint density at radius 3 is 2.71 bits per heavy atom. The van der Waals surface area contributed by atoms with Gasteiger partial charge >= 0.3 is 6.03 Å². The lowest BCUT2D eigenvalue weighted by Gasteiger charge is -2.10. The van der Waals surface area contributed by atoms with E-state index in [0.29, 0.717) is 5.69 Å². The molecule has 9 heteroatoms. The van der Waals surface area contributed by atoms with Crippen molar-refractivity contribution in [3.8, 4) is 11.6 Å². The van der Waals surface area contributed by atoms with Gasteiger partial charge in [0.1, 0.15) is 5.56 Å². The Kier molecular flexibility index (Phi) is 4.14. The Hall–Kier alpha value is -2.94. The Labute approximate surface area is 123 Å². The van der Waals surface area contributed by atoms with Crippen molar-refractivity contribution in [2.75, 3.05) is 0 Å². The molecule has 1 aromatic carbocycles. The minimum Gasteiger partial charge on any atom is -0.494 e. The number of carbonyl (C=O) groups is 1. The largest absolute Gasteiger partial charge is 0.494 e. The normalized spacial score (nSPS) is 10.7. The molecule has 8 nitrogen and oxygen atoms in total. The number of benzene rings is 1. The zero-order valence-corrected chi connectivity index (χ0v) is 11.4. The zero-order valence-electron chi connectivity index (χ0n) is 10.6. The van der Waals surface area contributed by atoms with E-state index in [-0.39, 0.29) is 10.3 Å². The Balaban J connectivity index is 2.59. The number of hydrogen-bond donors (Lipinski definition) is 4. The van der Waals surface area contributed by atoms with E-state index in [1.54, 1.807) is 30.3 Å². The van der Waals surface area contributed by atoms with Crippen molar-refractivity contribution >= 4 is 24.5 Å². The van der Waals surface area contributed by atoms with Crippen molar-refractivity contribution < 1.29 is 9.90 Å². The predicted molar refractivity (Wildman–Crippen MR) is 79.2 cm³/mol. The number of hydrazone groups is 1. The van der Waals surface area contributed by atoms with Gasteiger partial charge < -0.3 is 10.8 Å². The number of urea groups is 1. The first kappa shape index (κ1) is 14.5. The van der Waals surface area contributed by atoms with Crippen LogP contribution in [0.1, 0.15) is 5.56 Å². The number of carbonyl (C=O) groups excluding carboxylic acids is 1. The van der Waals surface area contributed by atoms with E-state index in [4.69, 9.17) is 18.0 Å². The van der Waals surface area contributed by atoms with Crippen LogP contribution in [0.25, 0.3) is 5.69 Å². The van der Waals surface area contributed by atoms with Crippen molar-refractivity contribution in [1.82, 2.24) is 15.0 Å². The van der Waals surface area contributed by atoms with Crippen molar-refractivity contribution in [3.05, 3.63) is 51.0 Å². The van der Waals surface area contributed by atoms with E-state index in [2.05, 4.69) is 10.1 Å². The molecular formula is C12H11N5O3S. The molecule has 0 aliphatic heterocycles. The summed E-state index contributed by atoms with van der Waals surface area (Å²) in [5, 5.41) is 13.7. The van der Waals surface area contributed by atoms with Gasteiger partial charge in [0.2, 0.25) is 5.88 Å². The third-order valence-electron chi connectivity index (χ3n) is 2.50. The van der Waals surface area contributed by atoms with Crippen LogP contribution in [-0.2, 0) is 0 Å². The van der Waals surface area contributed by atoms with Crippen LogP contribution >= 0.6 is 12.2 Å². The molecule has 0 aliphatic carbocycles. The van der Waals surface area contributed by atoms with Crippen LogP contribution in [-0.4, -0.2) is 26.9 Å². The topological polar surface area (TPSA) is 126 Å². The van der Waals surface area contributed by atoms with E-state index in [1.165, 1.54) is 4.57 Å². The number of nitrogens with one attached hydrogen (secondary N) is 2. The molecule has 2 rings (SSSR count). The van der Waals surface area contributed by atoms with Crippen LogP contribution in [0.2, 0.25) is 0 Å². The molecule has 0 aliphatic rings. The SMILES string of the molecule is NC(=O)N/N=C/c1c(O)n(-c2ccccc2)c(=S)[nH]c1=O. The van der Waals surface area contributed by atoms with Gasteiger partial charge in [-0.3, -0.25) is 14.3 Å². The first-order chi connectivity index (χ1) is 10.0. The Bertz CT molecular complexity index is 810. The lowest BCUT2D eigenvalue weighted by molar-refractivity contribution is 0.249. The first-order valence-corrected chi connectivity index (χ1v) is 6.13. The van der Waals surface area contributed by atoms with Gasteiger partial charge in [-0.05, 0) is 24.4 Å². The van der Waals surface area contributed by atoms with Crippen LogP contribution in [0.15, 0.2) is 40.2 Å². The minimum absolute atomic E-state index is 0.0312. The van der Waals surface area contributed by atoms with Gasteiger partial charge in [-0.1, -0.05) is 18.2 Å². The third kappa shape index (κ3) is 3.15. The Morgan fingerprint density at radius 2 is 2.10 bits per heavy atom. The number of amides is 2. The zero-order chi connectivity index (χ0) is 15.4. The number of primary amides is 1. The van der Waals surface area contributed by atoms with Crippen LogP contribution in [0, 0.1) is 4.77 Å². The molecule has 2 aromatic rings. The summed E-state index contributed by atoms with van der Waals surface area (Å²) >= 11 is 5.04. The van der Waals surface area contributed by atoms with Crippen molar-refractivity contribution in [3.63, 3.8) is 0 Å². The number of nitrogens with two attached hydrogens (primary N) is 1. The van der Waals surface area contributed by atoms with Crippen LogP contribution < -0.4 is 16.7 Å². The van der Waals surface area contributed by atoms with Gasteiger partial charge in [0, 0.05) is 0 Å². The number of nitrogens with zero attached hydrogens (tertiary/aromatic N) is 2. The molecule has 0 fully saturated rings. The smallest absolute Gasteiger partial charge is 0.332 e. The first-order valence-electron chi connectivity index (χ1n) is 5.73. The molecule has 0 radical (unpaired) electrons. The van der Waals surface area contributed by atoms with E-state index in [0.717, 1.165) is 6.21 Å². The van der Waals surface area contributed by atoms with Gasteiger partial charge in [-0.2, -0.15) is 5.10 Å².